The Morgan fingerprint density at radius 3 is 2.88 bits per heavy atom. The van der Waals surface area contributed by atoms with Crippen LogP contribution in [-0.2, 0) is 6.54 Å². The molecule has 2 rings (SSSR count). The van der Waals surface area contributed by atoms with Crippen molar-refractivity contribution in [1.29, 1.82) is 0 Å². The van der Waals surface area contributed by atoms with Gasteiger partial charge in [0.1, 0.15) is 5.82 Å². The van der Waals surface area contributed by atoms with E-state index in [4.69, 9.17) is 11.6 Å². The van der Waals surface area contributed by atoms with Gasteiger partial charge in [-0.2, -0.15) is 5.10 Å². The summed E-state index contributed by atoms with van der Waals surface area (Å²) < 4.78 is 14.9. The van der Waals surface area contributed by atoms with E-state index in [-0.39, 0.29) is 5.82 Å². The van der Waals surface area contributed by atoms with Crippen molar-refractivity contribution in [3.63, 3.8) is 0 Å². The molecule has 1 aromatic carbocycles. The zero-order chi connectivity index (χ0) is 11.4. The number of nitrogens with one attached hydrogen (secondary N) is 1. The molecule has 1 heterocycles. The first-order valence-electron chi connectivity index (χ1n) is 4.92. The lowest BCUT2D eigenvalue weighted by atomic mass is 10.3. The summed E-state index contributed by atoms with van der Waals surface area (Å²) in [6, 6.07) is 6.57. The van der Waals surface area contributed by atoms with Crippen molar-refractivity contribution in [2.24, 2.45) is 0 Å². The van der Waals surface area contributed by atoms with E-state index < -0.39 is 0 Å². The van der Waals surface area contributed by atoms with Gasteiger partial charge in [-0.1, -0.05) is 23.7 Å². The van der Waals surface area contributed by atoms with Crippen molar-refractivity contribution in [2.75, 3.05) is 11.9 Å². The van der Waals surface area contributed by atoms with Gasteiger partial charge in [0, 0.05) is 12.7 Å². The molecule has 0 aliphatic carbocycles. The number of rotatable bonds is 4. The quantitative estimate of drug-likeness (QED) is 0.889. The molecule has 0 saturated heterocycles. The van der Waals surface area contributed by atoms with Gasteiger partial charge in [-0.25, -0.2) is 4.39 Å². The fourth-order valence-corrected chi connectivity index (χ4v) is 1.53. The predicted molar refractivity (Wildman–Crippen MR) is 62.1 cm³/mol. The van der Waals surface area contributed by atoms with E-state index in [1.165, 1.54) is 6.07 Å². The summed E-state index contributed by atoms with van der Waals surface area (Å²) in [4.78, 5) is 0. The van der Waals surface area contributed by atoms with Crippen LogP contribution in [0.2, 0.25) is 5.02 Å². The molecule has 0 saturated carbocycles. The Morgan fingerprint density at radius 2 is 2.19 bits per heavy atom. The molecule has 0 bridgehead atoms. The molecule has 3 nitrogen and oxygen atoms in total. The Kier molecular flexibility index (Phi) is 3.41. The molecule has 2 aromatic rings. The molecule has 0 spiro atoms. The second kappa shape index (κ2) is 4.99. The largest absolute Gasteiger partial charge is 0.381 e. The molecule has 0 aliphatic rings. The number of halogens is 2. The van der Waals surface area contributed by atoms with Crippen LogP contribution in [0.5, 0.6) is 0 Å². The average molecular weight is 240 g/mol. The highest BCUT2D eigenvalue weighted by Crippen LogP contribution is 2.11. The third-order valence-corrected chi connectivity index (χ3v) is 2.33. The van der Waals surface area contributed by atoms with Gasteiger partial charge < -0.3 is 5.32 Å². The Labute approximate surface area is 97.8 Å². The minimum absolute atomic E-state index is 0.249. The van der Waals surface area contributed by atoms with Crippen LogP contribution in [0.25, 0.3) is 0 Å². The van der Waals surface area contributed by atoms with Gasteiger partial charge in [0.05, 0.1) is 23.5 Å². The molecule has 16 heavy (non-hydrogen) atoms. The number of para-hydroxylation sites is 1. The molecule has 0 amide bonds. The van der Waals surface area contributed by atoms with E-state index in [2.05, 4.69) is 10.4 Å². The monoisotopic (exact) mass is 239 g/mol. The van der Waals surface area contributed by atoms with Gasteiger partial charge >= 0.3 is 0 Å². The second-order valence-electron chi connectivity index (χ2n) is 3.33. The maximum atomic E-state index is 13.2. The number of anilines is 1. The highest BCUT2D eigenvalue weighted by molar-refractivity contribution is 6.30. The standard InChI is InChI=1S/C11H11ClFN3/c12-9-7-15-16(8-9)6-5-14-11-4-2-1-3-10(11)13/h1-4,7-8,14H,5-6H2. The SMILES string of the molecule is Fc1ccccc1NCCn1cc(Cl)cn1. The highest BCUT2D eigenvalue weighted by Gasteiger charge is 1.99. The molecular weight excluding hydrogens is 229 g/mol. The highest BCUT2D eigenvalue weighted by atomic mass is 35.5. The van der Waals surface area contributed by atoms with Gasteiger partial charge in [-0.15, -0.1) is 0 Å². The normalized spacial score (nSPS) is 10.4. The second-order valence-corrected chi connectivity index (χ2v) is 3.76. The smallest absolute Gasteiger partial charge is 0.146 e. The summed E-state index contributed by atoms with van der Waals surface area (Å²) in [5, 5.41) is 7.61. The minimum Gasteiger partial charge on any atom is -0.381 e. The summed E-state index contributed by atoms with van der Waals surface area (Å²) in [5.41, 5.74) is 0.501. The van der Waals surface area contributed by atoms with Crippen molar-refractivity contribution >= 4 is 17.3 Å². The molecule has 0 atom stereocenters. The molecular formula is C11H11ClFN3. The molecule has 0 radical (unpaired) electrons. The van der Waals surface area contributed by atoms with Crippen LogP contribution >= 0.6 is 11.6 Å². The third kappa shape index (κ3) is 2.73. The number of aromatic nitrogens is 2. The number of benzene rings is 1. The average Bonchev–Trinajstić information content (AvgIpc) is 2.67. The third-order valence-electron chi connectivity index (χ3n) is 2.13. The summed E-state index contributed by atoms with van der Waals surface area (Å²) in [5.74, 6) is -0.249. The van der Waals surface area contributed by atoms with Crippen molar-refractivity contribution < 1.29 is 4.39 Å². The fraction of sp³-hybridized carbons (Fsp3) is 0.182. The van der Waals surface area contributed by atoms with Crippen molar-refractivity contribution in [3.8, 4) is 0 Å². The zero-order valence-electron chi connectivity index (χ0n) is 8.53. The maximum Gasteiger partial charge on any atom is 0.146 e. The first kappa shape index (κ1) is 11.0. The Bertz CT molecular complexity index is 470. The maximum absolute atomic E-state index is 13.2. The van der Waals surface area contributed by atoms with E-state index in [1.807, 2.05) is 0 Å². The first-order valence-corrected chi connectivity index (χ1v) is 5.30. The lowest BCUT2D eigenvalue weighted by molar-refractivity contribution is 0.618. The lowest BCUT2D eigenvalue weighted by Gasteiger charge is -2.06. The first-order chi connectivity index (χ1) is 7.75. The summed E-state index contributed by atoms with van der Waals surface area (Å²) in [6.45, 7) is 1.24. The molecule has 84 valence electrons. The molecule has 0 fully saturated rings. The Morgan fingerprint density at radius 1 is 1.38 bits per heavy atom. The fourth-order valence-electron chi connectivity index (χ4n) is 1.37. The van der Waals surface area contributed by atoms with Crippen LogP contribution in [-0.4, -0.2) is 16.3 Å². The van der Waals surface area contributed by atoms with Crippen LogP contribution in [0.3, 0.4) is 0 Å². The summed E-state index contributed by atoms with van der Waals surface area (Å²) in [7, 11) is 0. The van der Waals surface area contributed by atoms with Gasteiger partial charge in [-0.05, 0) is 12.1 Å². The van der Waals surface area contributed by atoms with Gasteiger partial charge in [0.15, 0.2) is 0 Å². The van der Waals surface area contributed by atoms with Crippen LogP contribution in [0.1, 0.15) is 0 Å². The van der Waals surface area contributed by atoms with E-state index >= 15 is 0 Å². The molecule has 0 unspecified atom stereocenters. The minimum atomic E-state index is -0.249. The molecule has 1 N–H and O–H groups in total. The van der Waals surface area contributed by atoms with Crippen LogP contribution in [0, 0.1) is 5.82 Å². The number of nitrogens with zero attached hydrogens (tertiary/aromatic N) is 2. The van der Waals surface area contributed by atoms with Crippen LogP contribution < -0.4 is 5.32 Å². The van der Waals surface area contributed by atoms with Crippen molar-refractivity contribution in [2.45, 2.75) is 6.54 Å². The Hall–Kier alpha value is -1.55. The van der Waals surface area contributed by atoms with Crippen molar-refractivity contribution in [3.05, 3.63) is 47.5 Å². The van der Waals surface area contributed by atoms with E-state index in [0.717, 1.165) is 0 Å². The molecule has 0 aliphatic heterocycles. The topological polar surface area (TPSA) is 29.9 Å². The van der Waals surface area contributed by atoms with Gasteiger partial charge in [-0.3, -0.25) is 4.68 Å². The zero-order valence-corrected chi connectivity index (χ0v) is 9.28. The van der Waals surface area contributed by atoms with E-state index in [1.54, 1.807) is 35.3 Å². The van der Waals surface area contributed by atoms with E-state index in [0.29, 0.717) is 23.8 Å². The van der Waals surface area contributed by atoms with Gasteiger partial charge in [0.2, 0.25) is 0 Å². The Balaban J connectivity index is 1.87. The molecule has 5 heteroatoms. The molecule has 1 aromatic heterocycles. The number of hydrogen-bond donors (Lipinski definition) is 1. The lowest BCUT2D eigenvalue weighted by Crippen LogP contribution is -2.11. The van der Waals surface area contributed by atoms with Gasteiger partial charge in [0.25, 0.3) is 0 Å². The predicted octanol–water partition coefficient (Wildman–Crippen LogP) is 2.79. The summed E-state index contributed by atoms with van der Waals surface area (Å²) in [6.07, 6.45) is 3.30. The summed E-state index contributed by atoms with van der Waals surface area (Å²) >= 11 is 5.72. The van der Waals surface area contributed by atoms with E-state index in [9.17, 15) is 4.39 Å². The van der Waals surface area contributed by atoms with Crippen molar-refractivity contribution in [1.82, 2.24) is 9.78 Å². The number of hydrogen-bond acceptors (Lipinski definition) is 2. The van der Waals surface area contributed by atoms with Crippen LogP contribution in [0.15, 0.2) is 36.7 Å². The van der Waals surface area contributed by atoms with Crippen LogP contribution in [0.4, 0.5) is 10.1 Å².